The number of carboxylic acid groups (broad SMARTS) is 1. The van der Waals surface area contributed by atoms with E-state index in [0.29, 0.717) is 13.2 Å². The van der Waals surface area contributed by atoms with Gasteiger partial charge in [-0.05, 0) is 41.5 Å². The van der Waals surface area contributed by atoms with Gasteiger partial charge < -0.3 is 9.84 Å². The zero-order valence-electron chi connectivity index (χ0n) is 11.3. The standard InChI is InChI=1S/C12H25NO3/c1-11(2,3)13(9-10(14)15)7-8-16-12(4,5)6/h7-9H2,1-6H3,(H,14,15). The molecule has 0 spiro atoms. The number of nitrogens with zero attached hydrogens (tertiary/aromatic N) is 1. The zero-order chi connectivity index (χ0) is 13.0. The summed E-state index contributed by atoms with van der Waals surface area (Å²) in [6.45, 7) is 13.2. The molecule has 0 aromatic rings. The topological polar surface area (TPSA) is 49.8 Å². The fraction of sp³-hybridized carbons (Fsp3) is 0.917. The van der Waals surface area contributed by atoms with Crippen LogP contribution in [0.25, 0.3) is 0 Å². The summed E-state index contributed by atoms with van der Waals surface area (Å²) in [5.74, 6) is -0.800. The van der Waals surface area contributed by atoms with Crippen LogP contribution < -0.4 is 0 Å². The molecule has 0 rings (SSSR count). The van der Waals surface area contributed by atoms with Gasteiger partial charge in [0.25, 0.3) is 0 Å². The molecule has 0 aromatic heterocycles. The van der Waals surface area contributed by atoms with Crippen molar-refractivity contribution < 1.29 is 14.6 Å². The lowest BCUT2D eigenvalue weighted by atomic mass is 10.1. The van der Waals surface area contributed by atoms with Crippen molar-refractivity contribution in [1.82, 2.24) is 4.90 Å². The van der Waals surface area contributed by atoms with Crippen LogP contribution in [0.1, 0.15) is 41.5 Å². The van der Waals surface area contributed by atoms with E-state index in [1.807, 2.05) is 46.4 Å². The number of hydrogen-bond donors (Lipinski definition) is 1. The monoisotopic (exact) mass is 231 g/mol. The average molecular weight is 231 g/mol. The normalized spacial score (nSPS) is 13.2. The number of carbonyl (C=O) groups is 1. The summed E-state index contributed by atoms with van der Waals surface area (Å²) in [5.41, 5.74) is -0.327. The van der Waals surface area contributed by atoms with Crippen molar-refractivity contribution in [2.45, 2.75) is 52.7 Å². The lowest BCUT2D eigenvalue weighted by molar-refractivity contribution is -0.140. The van der Waals surface area contributed by atoms with E-state index in [9.17, 15) is 4.79 Å². The first kappa shape index (κ1) is 15.4. The van der Waals surface area contributed by atoms with Crippen LogP contribution in [0.5, 0.6) is 0 Å². The van der Waals surface area contributed by atoms with Crippen molar-refractivity contribution in [1.29, 1.82) is 0 Å². The Hall–Kier alpha value is -0.610. The van der Waals surface area contributed by atoms with Gasteiger partial charge in [0.2, 0.25) is 0 Å². The maximum atomic E-state index is 10.7. The van der Waals surface area contributed by atoms with Crippen LogP contribution in [0.2, 0.25) is 0 Å². The van der Waals surface area contributed by atoms with Gasteiger partial charge in [-0.3, -0.25) is 9.69 Å². The van der Waals surface area contributed by atoms with Crippen LogP contribution in [0.4, 0.5) is 0 Å². The average Bonchev–Trinajstić information content (AvgIpc) is 1.97. The Morgan fingerprint density at radius 3 is 2.00 bits per heavy atom. The highest BCUT2D eigenvalue weighted by Gasteiger charge is 2.23. The van der Waals surface area contributed by atoms with Gasteiger partial charge in [-0.1, -0.05) is 0 Å². The largest absolute Gasteiger partial charge is 0.480 e. The van der Waals surface area contributed by atoms with Crippen LogP contribution in [0.3, 0.4) is 0 Å². The molecule has 0 amide bonds. The fourth-order valence-electron chi connectivity index (χ4n) is 1.28. The maximum Gasteiger partial charge on any atom is 0.317 e. The Morgan fingerprint density at radius 2 is 1.69 bits per heavy atom. The molecule has 4 heteroatoms. The van der Waals surface area contributed by atoms with E-state index < -0.39 is 5.97 Å². The van der Waals surface area contributed by atoms with E-state index in [0.717, 1.165) is 0 Å². The Bertz CT molecular complexity index is 225. The van der Waals surface area contributed by atoms with E-state index in [2.05, 4.69) is 0 Å². The third-order valence-corrected chi connectivity index (χ3v) is 2.17. The Morgan fingerprint density at radius 1 is 1.19 bits per heavy atom. The van der Waals surface area contributed by atoms with Crippen LogP contribution in [0.15, 0.2) is 0 Å². The molecule has 0 bridgehead atoms. The van der Waals surface area contributed by atoms with Crippen molar-refractivity contribution in [2.24, 2.45) is 0 Å². The second kappa shape index (κ2) is 5.64. The molecule has 0 aromatic carbocycles. The molecule has 1 N–H and O–H groups in total. The second-order valence-electron chi connectivity index (χ2n) is 5.95. The molecule has 96 valence electrons. The van der Waals surface area contributed by atoms with Gasteiger partial charge in [0.05, 0.1) is 18.8 Å². The third-order valence-electron chi connectivity index (χ3n) is 2.17. The van der Waals surface area contributed by atoms with Gasteiger partial charge in [0, 0.05) is 12.1 Å². The quantitative estimate of drug-likeness (QED) is 0.786. The van der Waals surface area contributed by atoms with Crippen LogP contribution >= 0.6 is 0 Å². The summed E-state index contributed by atoms with van der Waals surface area (Å²) in [6.07, 6.45) is 0. The maximum absolute atomic E-state index is 10.7. The summed E-state index contributed by atoms with van der Waals surface area (Å²) < 4.78 is 5.60. The van der Waals surface area contributed by atoms with Crippen LogP contribution in [0, 0.1) is 0 Å². The lowest BCUT2D eigenvalue weighted by Crippen LogP contribution is -2.46. The smallest absolute Gasteiger partial charge is 0.317 e. The minimum absolute atomic E-state index is 0.0526. The first-order chi connectivity index (χ1) is 7.02. The van der Waals surface area contributed by atoms with E-state index in [1.165, 1.54) is 0 Å². The summed E-state index contributed by atoms with van der Waals surface area (Å²) in [4.78, 5) is 12.6. The van der Waals surface area contributed by atoms with Crippen molar-refractivity contribution in [3.63, 3.8) is 0 Å². The first-order valence-corrected chi connectivity index (χ1v) is 5.63. The van der Waals surface area contributed by atoms with Gasteiger partial charge in [-0.25, -0.2) is 0 Å². The molecule has 0 saturated heterocycles. The molecular formula is C12H25NO3. The molecule has 4 nitrogen and oxygen atoms in total. The summed E-state index contributed by atoms with van der Waals surface area (Å²) >= 11 is 0. The minimum Gasteiger partial charge on any atom is -0.480 e. The number of aliphatic carboxylic acids is 1. The third kappa shape index (κ3) is 7.65. The van der Waals surface area contributed by atoms with E-state index in [4.69, 9.17) is 9.84 Å². The molecule has 0 aliphatic carbocycles. The molecule has 0 atom stereocenters. The fourth-order valence-corrected chi connectivity index (χ4v) is 1.28. The SMILES string of the molecule is CC(C)(C)OCCN(CC(=O)O)C(C)(C)C. The van der Waals surface area contributed by atoms with Crippen molar-refractivity contribution in [2.75, 3.05) is 19.7 Å². The number of rotatable bonds is 5. The minimum atomic E-state index is -0.800. The molecule has 0 unspecified atom stereocenters. The summed E-state index contributed by atoms with van der Waals surface area (Å²) in [7, 11) is 0. The highest BCUT2D eigenvalue weighted by molar-refractivity contribution is 5.69. The second-order valence-corrected chi connectivity index (χ2v) is 5.95. The summed E-state index contributed by atoms with van der Waals surface area (Å²) in [5, 5.41) is 8.82. The van der Waals surface area contributed by atoms with Gasteiger partial charge in [-0.2, -0.15) is 0 Å². The van der Waals surface area contributed by atoms with Gasteiger partial charge in [-0.15, -0.1) is 0 Å². The number of ether oxygens (including phenoxy) is 1. The van der Waals surface area contributed by atoms with Crippen LogP contribution in [-0.2, 0) is 9.53 Å². The Labute approximate surface area is 98.6 Å². The molecule has 0 radical (unpaired) electrons. The van der Waals surface area contributed by atoms with Crippen molar-refractivity contribution >= 4 is 5.97 Å². The van der Waals surface area contributed by atoms with E-state index in [1.54, 1.807) is 0 Å². The highest BCUT2D eigenvalue weighted by Crippen LogP contribution is 2.13. The summed E-state index contributed by atoms with van der Waals surface area (Å²) in [6, 6.07) is 0. The number of carboxylic acids is 1. The first-order valence-electron chi connectivity index (χ1n) is 5.63. The molecule has 16 heavy (non-hydrogen) atoms. The van der Waals surface area contributed by atoms with Crippen molar-refractivity contribution in [3.05, 3.63) is 0 Å². The molecule has 0 aliphatic heterocycles. The van der Waals surface area contributed by atoms with Gasteiger partial charge in [0.1, 0.15) is 0 Å². The van der Waals surface area contributed by atoms with Gasteiger partial charge in [0.15, 0.2) is 0 Å². The Balaban J connectivity index is 4.19. The molecular weight excluding hydrogens is 206 g/mol. The molecule has 0 fully saturated rings. The molecule has 0 heterocycles. The Kier molecular flexibility index (Phi) is 5.42. The molecule has 0 aliphatic rings. The van der Waals surface area contributed by atoms with Crippen LogP contribution in [-0.4, -0.2) is 46.8 Å². The predicted molar refractivity (Wildman–Crippen MR) is 64.7 cm³/mol. The number of hydrogen-bond acceptors (Lipinski definition) is 3. The van der Waals surface area contributed by atoms with Gasteiger partial charge >= 0.3 is 5.97 Å². The predicted octanol–water partition coefficient (Wildman–Crippen LogP) is 1.99. The zero-order valence-corrected chi connectivity index (χ0v) is 11.3. The lowest BCUT2D eigenvalue weighted by Gasteiger charge is -2.35. The molecule has 0 saturated carbocycles. The van der Waals surface area contributed by atoms with E-state index in [-0.39, 0.29) is 17.7 Å². The van der Waals surface area contributed by atoms with Crippen molar-refractivity contribution in [3.8, 4) is 0 Å². The van der Waals surface area contributed by atoms with E-state index >= 15 is 0 Å². The highest BCUT2D eigenvalue weighted by atomic mass is 16.5.